The first kappa shape index (κ1) is 9.16. The molecule has 0 saturated heterocycles. The Bertz CT molecular complexity index is 261. The second kappa shape index (κ2) is 3.65. The predicted octanol–water partition coefficient (Wildman–Crippen LogP) is 1.55. The molecule has 2 N–H and O–H groups in total. The molecule has 66 valence electrons. The van der Waals surface area contributed by atoms with Gasteiger partial charge in [-0.05, 0) is 11.6 Å². The van der Waals surface area contributed by atoms with Gasteiger partial charge in [0.1, 0.15) is 0 Å². The zero-order valence-electron chi connectivity index (χ0n) is 6.54. The lowest BCUT2D eigenvalue weighted by Gasteiger charge is -2.06. The van der Waals surface area contributed by atoms with E-state index in [4.69, 9.17) is 21.4 Å². The number of rotatable bonds is 2. The lowest BCUT2D eigenvalue weighted by Crippen LogP contribution is -1.89. The number of aliphatic hydroxyl groups is 1. The topological polar surface area (TPSA) is 49.7 Å². The van der Waals surface area contributed by atoms with E-state index < -0.39 is 0 Å². The number of phenolic OH excluding ortho intramolecular Hbond substituents is 1. The number of aromatic hydroxyl groups is 1. The fourth-order valence-corrected chi connectivity index (χ4v) is 1.09. The summed E-state index contributed by atoms with van der Waals surface area (Å²) >= 11 is 5.68. The van der Waals surface area contributed by atoms with Crippen molar-refractivity contribution in [3.63, 3.8) is 0 Å². The number of hydrogen-bond acceptors (Lipinski definition) is 3. The second-order valence-electron chi connectivity index (χ2n) is 2.27. The zero-order chi connectivity index (χ0) is 9.14. The van der Waals surface area contributed by atoms with Crippen LogP contribution in [0.25, 0.3) is 0 Å². The Hall–Kier alpha value is -0.930. The summed E-state index contributed by atoms with van der Waals surface area (Å²) in [6, 6.07) is 2.84. The summed E-state index contributed by atoms with van der Waals surface area (Å²) in [5.41, 5.74) is 0.534. The predicted molar refractivity (Wildman–Crippen MR) is 45.6 cm³/mol. The lowest BCUT2D eigenvalue weighted by atomic mass is 10.2. The van der Waals surface area contributed by atoms with Crippen LogP contribution in [-0.2, 0) is 6.61 Å². The van der Waals surface area contributed by atoms with Crippen molar-refractivity contribution in [3.05, 3.63) is 22.7 Å². The van der Waals surface area contributed by atoms with E-state index in [9.17, 15) is 5.11 Å². The fourth-order valence-electron chi connectivity index (χ4n) is 0.870. The molecule has 12 heavy (non-hydrogen) atoms. The molecule has 0 fully saturated rings. The highest BCUT2D eigenvalue weighted by Crippen LogP contribution is 2.31. The van der Waals surface area contributed by atoms with Crippen LogP contribution in [0.3, 0.4) is 0 Å². The van der Waals surface area contributed by atoms with Gasteiger partial charge in [-0.2, -0.15) is 0 Å². The highest BCUT2D eigenvalue weighted by Gasteiger charge is 2.06. The number of methoxy groups -OCH3 is 1. The highest BCUT2D eigenvalue weighted by atomic mass is 35.5. The molecule has 0 aliphatic rings. The molecule has 0 heterocycles. The summed E-state index contributed by atoms with van der Waals surface area (Å²) in [6.07, 6.45) is 0. The average molecular weight is 189 g/mol. The lowest BCUT2D eigenvalue weighted by molar-refractivity contribution is 0.280. The van der Waals surface area contributed by atoms with Gasteiger partial charge >= 0.3 is 0 Å². The molecule has 0 aromatic heterocycles. The van der Waals surface area contributed by atoms with E-state index in [-0.39, 0.29) is 12.4 Å². The van der Waals surface area contributed by atoms with Crippen molar-refractivity contribution in [2.75, 3.05) is 7.11 Å². The largest absolute Gasteiger partial charge is 0.504 e. The van der Waals surface area contributed by atoms with Gasteiger partial charge in [-0.1, -0.05) is 11.6 Å². The Labute approximate surface area is 75.2 Å². The van der Waals surface area contributed by atoms with Gasteiger partial charge in [0.2, 0.25) is 0 Å². The minimum Gasteiger partial charge on any atom is -0.504 e. The van der Waals surface area contributed by atoms with Crippen LogP contribution in [0.4, 0.5) is 0 Å². The Morgan fingerprint density at radius 3 is 2.67 bits per heavy atom. The third kappa shape index (κ3) is 1.62. The maximum absolute atomic E-state index is 9.22. The van der Waals surface area contributed by atoms with E-state index in [0.29, 0.717) is 16.3 Å². The molecule has 1 rings (SSSR count). The van der Waals surface area contributed by atoms with E-state index >= 15 is 0 Å². The quantitative estimate of drug-likeness (QED) is 0.741. The Morgan fingerprint density at radius 2 is 2.17 bits per heavy atom. The summed E-state index contributed by atoms with van der Waals surface area (Å²) in [4.78, 5) is 0. The molecule has 0 saturated carbocycles. The summed E-state index contributed by atoms with van der Waals surface area (Å²) in [5.74, 6) is 0.281. The van der Waals surface area contributed by atoms with Crippen molar-refractivity contribution in [2.45, 2.75) is 6.61 Å². The summed E-state index contributed by atoms with van der Waals surface area (Å²) in [5, 5.41) is 18.4. The number of ether oxygens (including phenoxy) is 1. The van der Waals surface area contributed by atoms with Crippen LogP contribution in [0, 0.1) is 0 Å². The van der Waals surface area contributed by atoms with Gasteiger partial charge in [0.25, 0.3) is 0 Å². The van der Waals surface area contributed by atoms with E-state index in [0.717, 1.165) is 0 Å². The van der Waals surface area contributed by atoms with Crippen molar-refractivity contribution >= 4 is 11.6 Å². The number of phenols is 1. The molecule has 0 aliphatic carbocycles. The molecule has 0 aliphatic heterocycles. The maximum atomic E-state index is 9.22. The van der Waals surface area contributed by atoms with Gasteiger partial charge in [0.05, 0.1) is 18.7 Å². The third-order valence-corrected chi connectivity index (χ3v) is 1.87. The summed E-state index contributed by atoms with van der Waals surface area (Å²) in [6.45, 7) is -0.171. The minimum atomic E-state index is -0.171. The van der Waals surface area contributed by atoms with Crippen molar-refractivity contribution in [3.8, 4) is 11.5 Å². The highest BCUT2D eigenvalue weighted by molar-refractivity contribution is 6.31. The van der Waals surface area contributed by atoms with E-state index in [1.165, 1.54) is 19.2 Å². The SMILES string of the molecule is COc1cc(CO)c(Cl)cc1O. The number of benzene rings is 1. The average Bonchev–Trinajstić information content (AvgIpc) is 2.05. The molecule has 0 bridgehead atoms. The fraction of sp³-hybridized carbons (Fsp3) is 0.250. The first-order valence-corrected chi connectivity index (χ1v) is 3.73. The first-order chi connectivity index (χ1) is 5.69. The zero-order valence-corrected chi connectivity index (χ0v) is 7.30. The molecule has 3 nitrogen and oxygen atoms in total. The normalized spacial score (nSPS) is 9.92. The molecule has 4 heteroatoms. The summed E-state index contributed by atoms with van der Waals surface area (Å²) in [7, 11) is 1.43. The monoisotopic (exact) mass is 188 g/mol. The van der Waals surface area contributed by atoms with Gasteiger partial charge in [0, 0.05) is 6.07 Å². The van der Waals surface area contributed by atoms with E-state index in [2.05, 4.69) is 0 Å². The Balaban J connectivity index is 3.18. The molecular weight excluding hydrogens is 180 g/mol. The number of aliphatic hydroxyl groups excluding tert-OH is 1. The third-order valence-electron chi connectivity index (χ3n) is 1.52. The number of hydrogen-bond donors (Lipinski definition) is 2. The van der Waals surface area contributed by atoms with Crippen LogP contribution in [-0.4, -0.2) is 17.3 Å². The van der Waals surface area contributed by atoms with Crippen molar-refractivity contribution in [1.82, 2.24) is 0 Å². The van der Waals surface area contributed by atoms with E-state index in [1.54, 1.807) is 0 Å². The molecule has 0 atom stereocenters. The van der Waals surface area contributed by atoms with Crippen LogP contribution >= 0.6 is 11.6 Å². The standard InChI is InChI=1S/C8H9ClO3/c1-12-8-2-5(4-10)6(9)3-7(8)11/h2-3,10-11H,4H2,1H3. The van der Waals surface area contributed by atoms with Gasteiger partial charge in [-0.3, -0.25) is 0 Å². The maximum Gasteiger partial charge on any atom is 0.160 e. The van der Waals surface area contributed by atoms with Gasteiger partial charge in [-0.25, -0.2) is 0 Å². The minimum absolute atomic E-state index is 0.0281. The van der Waals surface area contributed by atoms with Gasteiger partial charge in [0.15, 0.2) is 11.5 Å². The molecule has 1 aromatic rings. The second-order valence-corrected chi connectivity index (χ2v) is 2.68. The van der Waals surface area contributed by atoms with Crippen molar-refractivity contribution < 1.29 is 14.9 Å². The van der Waals surface area contributed by atoms with Gasteiger partial charge in [-0.15, -0.1) is 0 Å². The molecule has 0 radical (unpaired) electrons. The first-order valence-electron chi connectivity index (χ1n) is 3.35. The van der Waals surface area contributed by atoms with Crippen LogP contribution in [0.2, 0.25) is 5.02 Å². The van der Waals surface area contributed by atoms with Gasteiger partial charge < -0.3 is 14.9 Å². The van der Waals surface area contributed by atoms with Crippen LogP contribution in [0.5, 0.6) is 11.5 Å². The Morgan fingerprint density at radius 1 is 1.50 bits per heavy atom. The van der Waals surface area contributed by atoms with Crippen molar-refractivity contribution in [1.29, 1.82) is 0 Å². The molecule has 0 amide bonds. The number of halogens is 1. The molecule has 0 unspecified atom stereocenters. The van der Waals surface area contributed by atoms with Crippen LogP contribution in [0.15, 0.2) is 12.1 Å². The summed E-state index contributed by atoms with van der Waals surface area (Å²) < 4.78 is 4.82. The molecular formula is C8H9ClO3. The Kier molecular flexibility index (Phi) is 2.78. The van der Waals surface area contributed by atoms with Crippen LogP contribution in [0.1, 0.15) is 5.56 Å². The van der Waals surface area contributed by atoms with Crippen molar-refractivity contribution in [2.24, 2.45) is 0 Å². The smallest absolute Gasteiger partial charge is 0.160 e. The molecule has 0 spiro atoms. The van der Waals surface area contributed by atoms with E-state index in [1.807, 2.05) is 0 Å². The molecule has 1 aromatic carbocycles. The van der Waals surface area contributed by atoms with Crippen LogP contribution < -0.4 is 4.74 Å².